The lowest BCUT2D eigenvalue weighted by Gasteiger charge is -2.27. The summed E-state index contributed by atoms with van der Waals surface area (Å²) in [4.78, 5) is 38.3. The molecule has 1 aromatic rings. The molecule has 28 heavy (non-hydrogen) atoms. The van der Waals surface area contributed by atoms with Crippen LogP contribution in [0.2, 0.25) is 0 Å². The molecule has 2 unspecified atom stereocenters. The van der Waals surface area contributed by atoms with E-state index < -0.39 is 17.8 Å². The summed E-state index contributed by atoms with van der Waals surface area (Å²) in [6.07, 6.45) is 8.29. The van der Waals surface area contributed by atoms with Crippen LogP contribution in [-0.2, 0) is 9.59 Å². The summed E-state index contributed by atoms with van der Waals surface area (Å²) in [6, 6.07) is 0.194. The minimum absolute atomic E-state index is 0.137. The maximum Gasteiger partial charge on any atom is 0.307 e. The van der Waals surface area contributed by atoms with Gasteiger partial charge in [-0.2, -0.15) is 0 Å². The first-order valence-corrected chi connectivity index (χ1v) is 11.1. The molecule has 2 saturated carbocycles. The molecular formula is C21H30N2O4S. The molecule has 2 aliphatic rings. The van der Waals surface area contributed by atoms with Crippen molar-refractivity contribution < 1.29 is 19.5 Å². The molecule has 0 radical (unpaired) electrons. The van der Waals surface area contributed by atoms with Crippen molar-refractivity contribution in [2.24, 2.45) is 11.8 Å². The van der Waals surface area contributed by atoms with Gasteiger partial charge in [0.25, 0.3) is 5.91 Å². The standard InChI is InChI=1S/C21H30N2O4S/c1-12-13(2)28-20(17(12)19(25)22-14-8-4-3-5-9-14)23-18(24)15-10-6-7-11-16(15)21(26)27/h14-16H,3-11H2,1-2H3,(H,22,25)(H,23,24)(H,26,27). The monoisotopic (exact) mass is 406 g/mol. The second-order valence-corrected chi connectivity index (χ2v) is 9.35. The van der Waals surface area contributed by atoms with Gasteiger partial charge in [-0.25, -0.2) is 0 Å². The number of carbonyl (C=O) groups excluding carboxylic acids is 2. The van der Waals surface area contributed by atoms with Crippen LogP contribution in [0.1, 0.15) is 78.6 Å². The number of carbonyl (C=O) groups is 3. The predicted octanol–water partition coefficient (Wildman–Crippen LogP) is 4.26. The van der Waals surface area contributed by atoms with Crippen molar-refractivity contribution in [1.82, 2.24) is 5.32 Å². The van der Waals surface area contributed by atoms with Crippen LogP contribution in [0.15, 0.2) is 0 Å². The van der Waals surface area contributed by atoms with Gasteiger partial charge in [-0.15, -0.1) is 11.3 Å². The quantitative estimate of drug-likeness (QED) is 0.681. The summed E-state index contributed by atoms with van der Waals surface area (Å²) in [5.41, 5.74) is 1.41. The number of hydrogen-bond donors (Lipinski definition) is 3. The van der Waals surface area contributed by atoms with Crippen LogP contribution in [-0.4, -0.2) is 28.9 Å². The summed E-state index contributed by atoms with van der Waals surface area (Å²) in [5.74, 6) is -2.50. The van der Waals surface area contributed by atoms with Gasteiger partial charge in [-0.05, 0) is 45.1 Å². The molecule has 0 saturated heterocycles. The topological polar surface area (TPSA) is 95.5 Å². The van der Waals surface area contributed by atoms with E-state index in [-0.39, 0.29) is 17.9 Å². The van der Waals surface area contributed by atoms with Crippen molar-refractivity contribution in [2.75, 3.05) is 5.32 Å². The minimum atomic E-state index is -0.909. The number of aliphatic carboxylic acids is 1. The van der Waals surface area contributed by atoms with Crippen molar-refractivity contribution >= 4 is 34.1 Å². The highest BCUT2D eigenvalue weighted by Gasteiger charge is 2.36. The van der Waals surface area contributed by atoms with Crippen molar-refractivity contribution in [3.8, 4) is 0 Å². The van der Waals surface area contributed by atoms with Gasteiger partial charge in [0, 0.05) is 10.9 Å². The number of nitrogens with one attached hydrogen (secondary N) is 2. The van der Waals surface area contributed by atoms with E-state index in [0.29, 0.717) is 23.4 Å². The Hall–Kier alpha value is -1.89. The fourth-order valence-corrected chi connectivity index (χ4v) is 5.50. The third kappa shape index (κ3) is 4.57. The van der Waals surface area contributed by atoms with Crippen molar-refractivity contribution in [3.63, 3.8) is 0 Å². The van der Waals surface area contributed by atoms with Gasteiger partial charge < -0.3 is 15.7 Å². The Labute approximate surface area is 170 Å². The van der Waals surface area contributed by atoms with Crippen LogP contribution in [0.4, 0.5) is 5.00 Å². The smallest absolute Gasteiger partial charge is 0.307 e. The largest absolute Gasteiger partial charge is 0.481 e. The number of carboxylic acid groups (broad SMARTS) is 1. The van der Waals surface area contributed by atoms with Crippen LogP contribution < -0.4 is 10.6 Å². The Kier molecular flexibility index (Phi) is 6.75. The van der Waals surface area contributed by atoms with Gasteiger partial charge in [0.15, 0.2) is 0 Å². The van der Waals surface area contributed by atoms with Crippen LogP contribution in [0.5, 0.6) is 0 Å². The molecule has 2 aliphatic carbocycles. The minimum Gasteiger partial charge on any atom is -0.481 e. The highest BCUT2D eigenvalue weighted by atomic mass is 32.1. The molecule has 2 atom stereocenters. The summed E-state index contributed by atoms with van der Waals surface area (Å²) in [5, 5.41) is 16.0. The summed E-state index contributed by atoms with van der Waals surface area (Å²) in [7, 11) is 0. The van der Waals surface area contributed by atoms with E-state index in [1.54, 1.807) is 0 Å². The van der Waals surface area contributed by atoms with E-state index in [4.69, 9.17) is 0 Å². The average molecular weight is 407 g/mol. The molecule has 0 bridgehead atoms. The second kappa shape index (κ2) is 9.07. The maximum atomic E-state index is 12.9. The van der Waals surface area contributed by atoms with Gasteiger partial charge in [-0.1, -0.05) is 32.1 Å². The lowest BCUT2D eigenvalue weighted by Crippen LogP contribution is -2.38. The molecule has 1 heterocycles. The number of anilines is 1. The van der Waals surface area contributed by atoms with Crippen molar-refractivity contribution in [2.45, 2.75) is 77.7 Å². The van der Waals surface area contributed by atoms with Crippen LogP contribution >= 0.6 is 11.3 Å². The fourth-order valence-electron chi connectivity index (χ4n) is 4.44. The van der Waals surface area contributed by atoms with E-state index >= 15 is 0 Å². The summed E-state index contributed by atoms with van der Waals surface area (Å²) < 4.78 is 0. The Bertz CT molecular complexity index is 752. The molecule has 7 heteroatoms. The highest BCUT2D eigenvalue weighted by molar-refractivity contribution is 7.16. The van der Waals surface area contributed by atoms with Crippen molar-refractivity contribution in [3.05, 3.63) is 16.0 Å². The number of aryl methyl sites for hydroxylation is 1. The third-order valence-corrected chi connectivity index (χ3v) is 7.33. The number of amides is 2. The number of rotatable bonds is 5. The van der Waals surface area contributed by atoms with E-state index in [2.05, 4.69) is 10.6 Å². The SMILES string of the molecule is Cc1sc(NC(=O)C2CCCCC2C(=O)O)c(C(=O)NC2CCCCC2)c1C. The zero-order valence-corrected chi connectivity index (χ0v) is 17.5. The van der Waals surface area contributed by atoms with Gasteiger partial charge in [-0.3, -0.25) is 14.4 Å². The Morgan fingerprint density at radius 3 is 2.18 bits per heavy atom. The number of thiophene rings is 1. The lowest BCUT2D eigenvalue weighted by atomic mass is 9.79. The second-order valence-electron chi connectivity index (χ2n) is 8.12. The first-order chi connectivity index (χ1) is 13.4. The average Bonchev–Trinajstić information content (AvgIpc) is 2.96. The van der Waals surface area contributed by atoms with E-state index in [1.165, 1.54) is 17.8 Å². The van der Waals surface area contributed by atoms with Gasteiger partial charge in [0.05, 0.1) is 17.4 Å². The first-order valence-electron chi connectivity index (χ1n) is 10.3. The Morgan fingerprint density at radius 2 is 1.54 bits per heavy atom. The molecule has 0 aliphatic heterocycles. The summed E-state index contributed by atoms with van der Waals surface area (Å²) in [6.45, 7) is 3.84. The van der Waals surface area contributed by atoms with Gasteiger partial charge >= 0.3 is 5.97 Å². The first kappa shape index (κ1) is 20.8. The normalized spacial score (nSPS) is 23.2. The zero-order valence-electron chi connectivity index (χ0n) is 16.7. The van der Waals surface area contributed by atoms with Crippen LogP contribution in [0.25, 0.3) is 0 Å². The molecule has 0 aromatic carbocycles. The molecule has 3 N–H and O–H groups in total. The maximum absolute atomic E-state index is 12.9. The molecule has 6 nitrogen and oxygen atoms in total. The van der Waals surface area contributed by atoms with Crippen molar-refractivity contribution in [1.29, 1.82) is 0 Å². The molecule has 0 spiro atoms. The highest BCUT2D eigenvalue weighted by Crippen LogP contribution is 2.36. The number of carboxylic acids is 1. The van der Waals surface area contributed by atoms with Crippen LogP contribution in [0.3, 0.4) is 0 Å². The molecule has 3 rings (SSSR count). The molecule has 2 fully saturated rings. The third-order valence-electron chi connectivity index (χ3n) is 6.21. The van der Waals surface area contributed by atoms with E-state index in [1.807, 2.05) is 13.8 Å². The van der Waals surface area contributed by atoms with Crippen LogP contribution in [0, 0.1) is 25.7 Å². The van der Waals surface area contributed by atoms with Gasteiger partial charge in [0.2, 0.25) is 5.91 Å². The predicted molar refractivity (Wildman–Crippen MR) is 110 cm³/mol. The molecule has 2 amide bonds. The zero-order chi connectivity index (χ0) is 20.3. The summed E-state index contributed by atoms with van der Waals surface area (Å²) >= 11 is 1.39. The Morgan fingerprint density at radius 1 is 0.929 bits per heavy atom. The molecule has 1 aromatic heterocycles. The van der Waals surface area contributed by atoms with Gasteiger partial charge in [0.1, 0.15) is 5.00 Å². The number of hydrogen-bond acceptors (Lipinski definition) is 4. The van der Waals surface area contributed by atoms with E-state index in [9.17, 15) is 19.5 Å². The molecular weight excluding hydrogens is 376 g/mol. The van der Waals surface area contributed by atoms with E-state index in [0.717, 1.165) is 49.0 Å². The fraction of sp³-hybridized carbons (Fsp3) is 0.667. The molecule has 154 valence electrons. The lowest BCUT2D eigenvalue weighted by molar-refractivity contribution is -0.147. The Balaban J connectivity index is 1.76.